The summed E-state index contributed by atoms with van der Waals surface area (Å²) in [5.74, 6) is 0.829. The first-order chi connectivity index (χ1) is 11.7. The van der Waals surface area contributed by atoms with Crippen molar-refractivity contribution in [3.8, 4) is 5.75 Å². The maximum Gasteiger partial charge on any atom is 0.121 e. The molecule has 0 aliphatic carbocycles. The van der Waals surface area contributed by atoms with Crippen molar-refractivity contribution in [2.45, 2.75) is 32.2 Å². The summed E-state index contributed by atoms with van der Waals surface area (Å²) in [6.07, 6.45) is 2.20. The summed E-state index contributed by atoms with van der Waals surface area (Å²) in [6, 6.07) is 16.1. The van der Waals surface area contributed by atoms with Crippen LogP contribution in [0.3, 0.4) is 0 Å². The molecular formula is C20H27N3O. The van der Waals surface area contributed by atoms with E-state index in [4.69, 9.17) is 10.5 Å². The average molecular weight is 325 g/mol. The van der Waals surface area contributed by atoms with Crippen molar-refractivity contribution in [3.05, 3.63) is 48.5 Å². The molecule has 4 heteroatoms. The van der Waals surface area contributed by atoms with Crippen LogP contribution in [0.5, 0.6) is 5.75 Å². The quantitative estimate of drug-likeness (QED) is 0.784. The number of benzene rings is 2. The van der Waals surface area contributed by atoms with E-state index in [1.807, 2.05) is 24.3 Å². The minimum atomic E-state index is 0.130. The van der Waals surface area contributed by atoms with Crippen LogP contribution < -0.4 is 20.7 Å². The molecule has 1 heterocycles. The van der Waals surface area contributed by atoms with Gasteiger partial charge < -0.3 is 20.7 Å². The van der Waals surface area contributed by atoms with E-state index in [1.165, 1.54) is 11.4 Å². The highest BCUT2D eigenvalue weighted by molar-refractivity contribution is 5.73. The van der Waals surface area contributed by atoms with Crippen LogP contribution in [0.2, 0.25) is 0 Å². The molecule has 0 amide bonds. The minimum Gasteiger partial charge on any atom is -0.492 e. The number of nitrogens with one attached hydrogen (secondary N) is 1. The molecular weight excluding hydrogens is 298 g/mol. The van der Waals surface area contributed by atoms with E-state index in [0.29, 0.717) is 6.61 Å². The molecule has 0 saturated carbocycles. The van der Waals surface area contributed by atoms with Gasteiger partial charge in [0.25, 0.3) is 0 Å². The van der Waals surface area contributed by atoms with Gasteiger partial charge in [-0.05, 0) is 37.1 Å². The zero-order chi connectivity index (χ0) is 17.0. The molecule has 0 aromatic heterocycles. The van der Waals surface area contributed by atoms with Crippen molar-refractivity contribution < 1.29 is 4.74 Å². The number of nitrogen functional groups attached to an aromatic ring is 1. The Morgan fingerprint density at radius 2 is 1.92 bits per heavy atom. The van der Waals surface area contributed by atoms with E-state index in [-0.39, 0.29) is 5.54 Å². The Labute approximate surface area is 144 Å². The van der Waals surface area contributed by atoms with Crippen LogP contribution in [-0.4, -0.2) is 25.2 Å². The van der Waals surface area contributed by atoms with Gasteiger partial charge in [-0.3, -0.25) is 0 Å². The molecule has 0 bridgehead atoms. The fourth-order valence-corrected chi connectivity index (χ4v) is 3.36. The van der Waals surface area contributed by atoms with Gasteiger partial charge in [-0.25, -0.2) is 0 Å². The van der Waals surface area contributed by atoms with Crippen LogP contribution in [0, 0.1) is 0 Å². The molecule has 2 aromatic rings. The van der Waals surface area contributed by atoms with Crippen LogP contribution in [0.15, 0.2) is 48.5 Å². The summed E-state index contributed by atoms with van der Waals surface area (Å²) in [4.78, 5) is 2.44. The van der Waals surface area contributed by atoms with Crippen LogP contribution in [0.1, 0.15) is 26.7 Å². The largest absolute Gasteiger partial charge is 0.492 e. The van der Waals surface area contributed by atoms with Gasteiger partial charge in [0, 0.05) is 18.3 Å². The first-order valence-corrected chi connectivity index (χ1v) is 8.76. The summed E-state index contributed by atoms with van der Waals surface area (Å²) in [6.45, 7) is 7.01. The van der Waals surface area contributed by atoms with Crippen molar-refractivity contribution in [1.82, 2.24) is 0 Å². The van der Waals surface area contributed by atoms with Crippen molar-refractivity contribution in [1.29, 1.82) is 0 Å². The van der Waals surface area contributed by atoms with Crippen molar-refractivity contribution >= 4 is 17.1 Å². The molecule has 0 radical (unpaired) electrons. The molecule has 128 valence electrons. The molecule has 0 unspecified atom stereocenters. The zero-order valence-corrected chi connectivity index (χ0v) is 14.6. The van der Waals surface area contributed by atoms with E-state index in [9.17, 15) is 0 Å². The number of fused-ring (bicyclic) bond motifs is 1. The number of anilines is 3. The maximum absolute atomic E-state index is 5.90. The zero-order valence-electron chi connectivity index (χ0n) is 14.6. The Hall–Kier alpha value is -2.36. The fourth-order valence-electron chi connectivity index (χ4n) is 3.36. The number of para-hydroxylation sites is 2. The van der Waals surface area contributed by atoms with Gasteiger partial charge in [-0.2, -0.15) is 0 Å². The van der Waals surface area contributed by atoms with Gasteiger partial charge in [0.1, 0.15) is 12.4 Å². The van der Waals surface area contributed by atoms with Crippen molar-refractivity contribution in [3.63, 3.8) is 0 Å². The first-order valence-electron chi connectivity index (χ1n) is 8.76. The Balaban J connectivity index is 1.71. The topological polar surface area (TPSA) is 50.5 Å². The smallest absolute Gasteiger partial charge is 0.121 e. The van der Waals surface area contributed by atoms with E-state index in [1.54, 1.807) is 0 Å². The SMILES string of the molecule is CCC1(CC)CN(CCOc2cccc(N)c2)c2ccccc2N1. The van der Waals surface area contributed by atoms with Gasteiger partial charge in [0.2, 0.25) is 0 Å². The van der Waals surface area contributed by atoms with Crippen molar-refractivity contribution in [2.75, 3.05) is 35.6 Å². The Kier molecular flexibility index (Phi) is 4.84. The third kappa shape index (κ3) is 3.42. The normalized spacial score (nSPS) is 15.5. The lowest BCUT2D eigenvalue weighted by Crippen LogP contribution is -2.52. The summed E-state index contributed by atoms with van der Waals surface area (Å²) < 4.78 is 5.90. The van der Waals surface area contributed by atoms with Crippen molar-refractivity contribution in [2.24, 2.45) is 0 Å². The highest BCUT2D eigenvalue weighted by Gasteiger charge is 2.34. The van der Waals surface area contributed by atoms with E-state index < -0.39 is 0 Å². The molecule has 2 aromatic carbocycles. The molecule has 3 rings (SSSR count). The van der Waals surface area contributed by atoms with Crippen LogP contribution >= 0.6 is 0 Å². The first kappa shape index (κ1) is 16.5. The lowest BCUT2D eigenvalue weighted by molar-refractivity contribution is 0.315. The maximum atomic E-state index is 5.90. The number of rotatable bonds is 6. The van der Waals surface area contributed by atoms with E-state index in [2.05, 4.69) is 48.3 Å². The highest BCUT2D eigenvalue weighted by atomic mass is 16.5. The predicted molar refractivity (Wildman–Crippen MR) is 102 cm³/mol. The summed E-state index contributed by atoms with van der Waals surface area (Å²) in [5, 5.41) is 3.76. The molecule has 1 aliphatic heterocycles. The number of hydrogen-bond donors (Lipinski definition) is 2. The van der Waals surface area contributed by atoms with Gasteiger partial charge in [-0.15, -0.1) is 0 Å². The lowest BCUT2D eigenvalue weighted by Gasteiger charge is -2.45. The summed E-state index contributed by atoms with van der Waals surface area (Å²) in [5.41, 5.74) is 9.15. The molecule has 1 aliphatic rings. The Morgan fingerprint density at radius 1 is 1.12 bits per heavy atom. The molecule has 0 atom stereocenters. The van der Waals surface area contributed by atoms with Gasteiger partial charge in [0.05, 0.1) is 23.5 Å². The highest BCUT2D eigenvalue weighted by Crippen LogP contribution is 2.37. The molecule has 24 heavy (non-hydrogen) atoms. The molecule has 0 spiro atoms. The second-order valence-electron chi connectivity index (χ2n) is 6.47. The number of nitrogens with zero attached hydrogens (tertiary/aromatic N) is 1. The number of nitrogens with two attached hydrogens (primary N) is 1. The molecule has 3 N–H and O–H groups in total. The molecule has 0 saturated heterocycles. The second kappa shape index (κ2) is 7.04. The number of hydrogen-bond acceptors (Lipinski definition) is 4. The van der Waals surface area contributed by atoms with Crippen LogP contribution in [0.4, 0.5) is 17.1 Å². The van der Waals surface area contributed by atoms with Gasteiger partial charge in [-0.1, -0.05) is 32.0 Å². The predicted octanol–water partition coefficient (Wildman–Crippen LogP) is 4.14. The lowest BCUT2D eigenvalue weighted by atomic mass is 9.89. The third-order valence-electron chi connectivity index (χ3n) is 4.98. The number of ether oxygens (including phenoxy) is 1. The Bertz CT molecular complexity index is 682. The van der Waals surface area contributed by atoms with E-state index >= 15 is 0 Å². The summed E-state index contributed by atoms with van der Waals surface area (Å²) in [7, 11) is 0. The fraction of sp³-hybridized carbons (Fsp3) is 0.400. The summed E-state index contributed by atoms with van der Waals surface area (Å²) >= 11 is 0. The molecule has 4 nitrogen and oxygen atoms in total. The standard InChI is InChI=1S/C20H27N3O/c1-3-20(4-2)15-23(19-11-6-5-10-18(19)22-20)12-13-24-17-9-7-8-16(21)14-17/h5-11,14,22H,3-4,12-13,15,21H2,1-2H3. The van der Waals surface area contributed by atoms with Gasteiger partial charge in [0.15, 0.2) is 0 Å². The minimum absolute atomic E-state index is 0.130. The monoisotopic (exact) mass is 325 g/mol. The Morgan fingerprint density at radius 3 is 2.67 bits per heavy atom. The van der Waals surface area contributed by atoms with Gasteiger partial charge >= 0.3 is 0 Å². The molecule has 0 fully saturated rings. The average Bonchev–Trinajstić information content (AvgIpc) is 2.61. The second-order valence-corrected chi connectivity index (χ2v) is 6.47. The van der Waals surface area contributed by atoms with Crippen LogP contribution in [-0.2, 0) is 0 Å². The van der Waals surface area contributed by atoms with Crippen LogP contribution in [0.25, 0.3) is 0 Å². The van der Waals surface area contributed by atoms with E-state index in [0.717, 1.165) is 37.4 Å². The third-order valence-corrected chi connectivity index (χ3v) is 4.98.